The van der Waals surface area contributed by atoms with Crippen LogP contribution in [-0.2, 0) is 9.53 Å². The van der Waals surface area contributed by atoms with E-state index in [2.05, 4.69) is 23.9 Å². The Kier molecular flexibility index (Phi) is 5.64. The summed E-state index contributed by atoms with van der Waals surface area (Å²) >= 11 is 0. The van der Waals surface area contributed by atoms with Crippen LogP contribution in [-0.4, -0.2) is 87.3 Å². The summed E-state index contributed by atoms with van der Waals surface area (Å²) in [6, 6.07) is 0.956. The predicted molar refractivity (Wildman–Crippen MR) is 105 cm³/mol. The van der Waals surface area contributed by atoms with E-state index < -0.39 is 6.04 Å². The Bertz CT molecular complexity index is 854. The number of aryl methyl sites for hydroxylation is 2. The maximum absolute atomic E-state index is 13.3. The van der Waals surface area contributed by atoms with Crippen molar-refractivity contribution in [2.45, 2.75) is 40.7 Å². The summed E-state index contributed by atoms with van der Waals surface area (Å²) in [7, 11) is 1.66. The molecule has 9 heteroatoms. The number of fused-ring (bicyclic) bond motifs is 1. The van der Waals surface area contributed by atoms with Crippen LogP contribution >= 0.6 is 0 Å². The Balaban J connectivity index is 2.05. The first-order chi connectivity index (χ1) is 13.3. The van der Waals surface area contributed by atoms with Crippen molar-refractivity contribution < 1.29 is 18.9 Å². The number of amidine groups is 1. The summed E-state index contributed by atoms with van der Waals surface area (Å²) in [4.78, 5) is 33.4. The number of aliphatic imine (C=N–C) groups is 1. The topological polar surface area (TPSA) is 83.0 Å². The number of hydrogen-bond donors (Lipinski definition) is 0. The normalized spacial score (nSPS) is 19.8. The minimum absolute atomic E-state index is 0.227. The molecule has 0 radical (unpaired) electrons. The van der Waals surface area contributed by atoms with E-state index in [1.54, 1.807) is 11.7 Å². The van der Waals surface area contributed by atoms with E-state index in [0.29, 0.717) is 37.5 Å². The lowest BCUT2D eigenvalue weighted by molar-refractivity contribution is -0.543. The summed E-state index contributed by atoms with van der Waals surface area (Å²) in [5.41, 5.74) is 1.80. The molecule has 1 fully saturated rings. The third-order valence-corrected chi connectivity index (χ3v) is 4.81. The van der Waals surface area contributed by atoms with Crippen molar-refractivity contribution in [1.82, 2.24) is 19.6 Å². The maximum atomic E-state index is 13.3. The van der Waals surface area contributed by atoms with Crippen LogP contribution < -0.4 is 0 Å². The van der Waals surface area contributed by atoms with Crippen LogP contribution in [0.5, 0.6) is 0 Å². The second-order valence-electron chi connectivity index (χ2n) is 7.59. The summed E-state index contributed by atoms with van der Waals surface area (Å²) < 4.78 is 9.06. The summed E-state index contributed by atoms with van der Waals surface area (Å²) in [6.07, 6.45) is 0. The molecule has 0 bridgehead atoms. The summed E-state index contributed by atoms with van der Waals surface area (Å²) in [5.74, 6) is 1.07. The van der Waals surface area contributed by atoms with Gasteiger partial charge in [-0.3, -0.25) is 14.6 Å². The van der Waals surface area contributed by atoms with Gasteiger partial charge in [0.1, 0.15) is 5.69 Å². The molecule has 0 saturated carbocycles. The van der Waals surface area contributed by atoms with Crippen molar-refractivity contribution in [2.75, 3.05) is 33.4 Å². The van der Waals surface area contributed by atoms with Gasteiger partial charge in [-0.05, 0) is 32.8 Å². The number of amides is 3. The zero-order chi connectivity index (χ0) is 20.6. The highest BCUT2D eigenvalue weighted by Crippen LogP contribution is 2.22. The van der Waals surface area contributed by atoms with E-state index in [9.17, 15) is 9.59 Å². The molecule has 0 aromatic carbocycles. The van der Waals surface area contributed by atoms with Gasteiger partial charge in [-0.15, -0.1) is 9.78 Å². The fraction of sp³-hybridized carbons (Fsp3) is 0.632. The van der Waals surface area contributed by atoms with Crippen molar-refractivity contribution >= 4 is 23.7 Å². The molecule has 152 valence electrons. The monoisotopic (exact) mass is 389 g/mol. The number of urea groups is 1. The van der Waals surface area contributed by atoms with E-state index in [-0.39, 0.29) is 18.5 Å². The number of hydrogen-bond acceptors (Lipinski definition) is 5. The number of likely N-dealkylation sites (N-methyl/N-ethyl adjacent to an activating group) is 1. The van der Waals surface area contributed by atoms with Crippen molar-refractivity contribution in [3.63, 3.8) is 0 Å². The average Bonchev–Trinajstić information content (AvgIpc) is 3.15. The standard InChI is InChI=1S/C19H29N6O3/c1-7-28-9-8-23-17(26)15-16(22(6)19(23)27)20-18(24(15)11-12(2)3)25-14(5)10-13(4)21-25/h10,12,15H,7-9,11H2,1-6H3/q+1. The molecule has 1 aromatic rings. The van der Waals surface area contributed by atoms with Gasteiger partial charge >= 0.3 is 12.0 Å². The fourth-order valence-electron chi connectivity index (χ4n) is 3.59. The number of carbonyl (C=O) groups is 2. The first kappa shape index (κ1) is 20.2. The van der Waals surface area contributed by atoms with Gasteiger partial charge in [0.15, 0.2) is 0 Å². The number of nitrogens with zero attached hydrogens (tertiary/aromatic N) is 6. The number of imide groups is 1. The SMILES string of the molecule is CCOCCN1C(=O)C2C(=NC(n3nc(C)cc3C)=[N+]2CC(C)C)N(C)C1=O. The zero-order valence-electron chi connectivity index (χ0n) is 17.5. The van der Waals surface area contributed by atoms with Crippen LogP contribution in [0.3, 0.4) is 0 Å². The Labute approximate surface area is 165 Å². The molecule has 0 aliphatic carbocycles. The molecule has 1 aromatic heterocycles. The summed E-state index contributed by atoms with van der Waals surface area (Å²) in [6.45, 7) is 11.6. The highest BCUT2D eigenvalue weighted by molar-refractivity contribution is 6.23. The molecule has 3 heterocycles. The van der Waals surface area contributed by atoms with E-state index >= 15 is 0 Å². The minimum atomic E-state index is -0.634. The molecular weight excluding hydrogens is 360 g/mol. The highest BCUT2D eigenvalue weighted by Gasteiger charge is 2.53. The van der Waals surface area contributed by atoms with Crippen molar-refractivity contribution in [3.8, 4) is 0 Å². The fourth-order valence-corrected chi connectivity index (χ4v) is 3.59. The average molecular weight is 389 g/mol. The number of aromatic nitrogens is 2. The second kappa shape index (κ2) is 7.83. The lowest BCUT2D eigenvalue weighted by Crippen LogP contribution is -2.63. The first-order valence-corrected chi connectivity index (χ1v) is 9.68. The van der Waals surface area contributed by atoms with Gasteiger partial charge in [0.25, 0.3) is 5.91 Å². The smallest absolute Gasteiger partial charge is 0.380 e. The van der Waals surface area contributed by atoms with Gasteiger partial charge in [-0.1, -0.05) is 18.8 Å². The van der Waals surface area contributed by atoms with Crippen LogP contribution in [0.2, 0.25) is 0 Å². The number of ether oxygens (including phenoxy) is 1. The van der Waals surface area contributed by atoms with Crippen molar-refractivity contribution in [1.29, 1.82) is 0 Å². The van der Waals surface area contributed by atoms with Gasteiger partial charge in [-0.25, -0.2) is 9.37 Å². The lowest BCUT2D eigenvalue weighted by atomic mass is 10.1. The third-order valence-electron chi connectivity index (χ3n) is 4.81. The van der Waals surface area contributed by atoms with Crippen molar-refractivity contribution in [3.05, 3.63) is 17.5 Å². The number of carbonyl (C=O) groups excluding carboxylic acids is 2. The molecule has 3 rings (SSSR count). The van der Waals surface area contributed by atoms with E-state index in [1.165, 1.54) is 9.80 Å². The first-order valence-electron chi connectivity index (χ1n) is 9.68. The predicted octanol–water partition coefficient (Wildman–Crippen LogP) is 1.08. The van der Waals surface area contributed by atoms with Gasteiger partial charge in [-0.2, -0.15) is 0 Å². The van der Waals surface area contributed by atoms with Crippen LogP contribution in [0, 0.1) is 19.8 Å². The minimum Gasteiger partial charge on any atom is -0.380 e. The van der Waals surface area contributed by atoms with Gasteiger partial charge in [0, 0.05) is 13.7 Å². The maximum Gasteiger partial charge on any atom is 0.421 e. The van der Waals surface area contributed by atoms with Gasteiger partial charge in [0.05, 0.1) is 25.4 Å². The third kappa shape index (κ3) is 3.46. The second-order valence-corrected chi connectivity index (χ2v) is 7.59. The molecule has 1 saturated heterocycles. The molecule has 9 nitrogen and oxygen atoms in total. The Morgan fingerprint density at radius 3 is 2.57 bits per heavy atom. The molecule has 28 heavy (non-hydrogen) atoms. The Hall–Kier alpha value is -2.55. The van der Waals surface area contributed by atoms with Crippen molar-refractivity contribution in [2.24, 2.45) is 10.9 Å². The van der Waals surface area contributed by atoms with E-state index in [1.807, 2.05) is 31.4 Å². The van der Waals surface area contributed by atoms with E-state index in [4.69, 9.17) is 4.74 Å². The quantitative estimate of drug-likeness (QED) is 0.539. The molecule has 0 spiro atoms. The molecular formula is C19H29N6O3+. The van der Waals surface area contributed by atoms with Crippen LogP contribution in [0.4, 0.5) is 4.79 Å². The molecule has 2 aliphatic heterocycles. The largest absolute Gasteiger partial charge is 0.421 e. The Morgan fingerprint density at radius 1 is 1.29 bits per heavy atom. The van der Waals surface area contributed by atoms with Gasteiger partial charge in [0.2, 0.25) is 11.9 Å². The van der Waals surface area contributed by atoms with Crippen LogP contribution in [0.1, 0.15) is 32.2 Å². The lowest BCUT2D eigenvalue weighted by Gasteiger charge is -2.34. The van der Waals surface area contributed by atoms with Crippen LogP contribution in [0.25, 0.3) is 0 Å². The molecule has 0 N–H and O–H groups in total. The highest BCUT2D eigenvalue weighted by atomic mass is 16.5. The Morgan fingerprint density at radius 2 is 2.00 bits per heavy atom. The molecule has 3 amide bonds. The molecule has 2 aliphatic rings. The van der Waals surface area contributed by atoms with Gasteiger partial charge < -0.3 is 4.74 Å². The molecule has 1 atom stereocenters. The zero-order valence-corrected chi connectivity index (χ0v) is 17.5. The van der Waals surface area contributed by atoms with Crippen LogP contribution in [0.15, 0.2) is 11.1 Å². The summed E-state index contributed by atoms with van der Waals surface area (Å²) in [5, 5.41) is 4.54. The number of rotatable bonds is 6. The molecule has 1 unspecified atom stereocenters. The van der Waals surface area contributed by atoms with E-state index in [0.717, 1.165) is 11.4 Å².